The van der Waals surface area contributed by atoms with Gasteiger partial charge in [0.05, 0.1) is 0 Å². The molecule has 0 amide bonds. The van der Waals surface area contributed by atoms with E-state index >= 15 is 0 Å². The molecule has 0 saturated heterocycles. The number of carbonyl (C=O) groups is 1. The van der Waals surface area contributed by atoms with E-state index in [1.807, 2.05) is 37.3 Å². The van der Waals surface area contributed by atoms with E-state index in [-0.39, 0.29) is 0 Å². The molecule has 0 bridgehead atoms. The molecule has 1 N–H and O–H groups in total. The Labute approximate surface area is 94.1 Å². The molecule has 1 unspecified atom stereocenters. The van der Waals surface area contributed by atoms with E-state index in [2.05, 4.69) is 4.99 Å². The summed E-state index contributed by atoms with van der Waals surface area (Å²) in [6.07, 6.45) is 5.58. The molecule has 1 aromatic carbocycles. The van der Waals surface area contributed by atoms with Crippen molar-refractivity contribution in [3.05, 3.63) is 47.5 Å². The highest BCUT2D eigenvalue weighted by atomic mass is 16.4. The van der Waals surface area contributed by atoms with E-state index in [1.165, 1.54) is 0 Å². The summed E-state index contributed by atoms with van der Waals surface area (Å²) in [5, 5.41) is 9.42. The first-order valence-corrected chi connectivity index (χ1v) is 5.17. The molecule has 0 aliphatic carbocycles. The molecule has 0 saturated carbocycles. The Morgan fingerprint density at radius 1 is 1.44 bits per heavy atom. The topological polar surface area (TPSA) is 49.7 Å². The number of aliphatic imine (C=N–C) groups is 1. The molecule has 0 fully saturated rings. The van der Waals surface area contributed by atoms with Crippen LogP contribution in [0.3, 0.4) is 0 Å². The lowest BCUT2D eigenvalue weighted by Crippen LogP contribution is -2.35. The summed E-state index contributed by atoms with van der Waals surface area (Å²) < 4.78 is 0. The Balaban J connectivity index is 2.57. The predicted molar refractivity (Wildman–Crippen MR) is 62.7 cm³/mol. The van der Waals surface area contributed by atoms with Gasteiger partial charge >= 0.3 is 5.97 Å². The number of aliphatic carboxylic acids is 1. The van der Waals surface area contributed by atoms with Crippen LogP contribution in [0.2, 0.25) is 0 Å². The Morgan fingerprint density at radius 2 is 2.19 bits per heavy atom. The Bertz CT molecular complexity index is 477. The summed E-state index contributed by atoms with van der Waals surface area (Å²) in [4.78, 5) is 15.7. The first kappa shape index (κ1) is 10.6. The highest BCUT2D eigenvalue weighted by Crippen LogP contribution is 2.34. The van der Waals surface area contributed by atoms with Crippen molar-refractivity contribution in [1.29, 1.82) is 0 Å². The summed E-state index contributed by atoms with van der Waals surface area (Å²) in [5.41, 5.74) is 0.584. The average Bonchev–Trinajstić information content (AvgIpc) is 2.30. The third-order valence-corrected chi connectivity index (χ3v) is 2.87. The fraction of sp³-hybridized carbons (Fsp3) is 0.231. The molecule has 2 rings (SSSR count). The van der Waals surface area contributed by atoms with Gasteiger partial charge in [0, 0.05) is 12.6 Å². The molecular formula is C13H13NO2. The molecule has 1 atom stereocenters. The van der Waals surface area contributed by atoms with Gasteiger partial charge < -0.3 is 5.11 Å². The molecule has 16 heavy (non-hydrogen) atoms. The minimum Gasteiger partial charge on any atom is -0.479 e. The maximum Gasteiger partial charge on any atom is 0.336 e. The third-order valence-electron chi connectivity index (χ3n) is 2.87. The number of dihydropyridines is 1. The number of hydrogen-bond acceptors (Lipinski definition) is 2. The molecule has 82 valence electrons. The summed E-state index contributed by atoms with van der Waals surface area (Å²) in [6, 6.07) is 7.49. The van der Waals surface area contributed by atoms with Crippen molar-refractivity contribution in [2.75, 3.05) is 0 Å². The minimum absolute atomic E-state index is 0.406. The molecular weight excluding hydrogens is 202 g/mol. The molecule has 0 radical (unpaired) electrons. The maximum atomic E-state index is 11.5. The quantitative estimate of drug-likeness (QED) is 0.823. The van der Waals surface area contributed by atoms with E-state index in [0.717, 1.165) is 11.1 Å². The second-order valence-electron chi connectivity index (χ2n) is 3.89. The minimum atomic E-state index is -1.14. The van der Waals surface area contributed by atoms with Crippen LogP contribution in [-0.4, -0.2) is 17.3 Å². The maximum absolute atomic E-state index is 11.5. The SMILES string of the molecule is Cc1ccccc1C1(C(=O)O)CC=CC=N1. The van der Waals surface area contributed by atoms with Crippen LogP contribution in [0.4, 0.5) is 0 Å². The van der Waals surface area contributed by atoms with Crippen molar-refractivity contribution in [3.8, 4) is 0 Å². The van der Waals surface area contributed by atoms with Gasteiger partial charge in [0.2, 0.25) is 0 Å². The number of aryl methyl sites for hydroxylation is 1. The van der Waals surface area contributed by atoms with Crippen molar-refractivity contribution in [2.45, 2.75) is 18.9 Å². The lowest BCUT2D eigenvalue weighted by Gasteiger charge is -2.27. The van der Waals surface area contributed by atoms with Crippen LogP contribution < -0.4 is 0 Å². The number of carboxylic acid groups (broad SMARTS) is 1. The Morgan fingerprint density at radius 3 is 2.75 bits per heavy atom. The lowest BCUT2D eigenvalue weighted by molar-refractivity contribution is -0.143. The summed E-state index contributed by atoms with van der Waals surface area (Å²) >= 11 is 0. The standard InChI is InChI=1S/C13H13NO2/c1-10-6-2-3-7-11(10)13(12(15)16)8-4-5-9-14-13/h2-7,9H,8H2,1H3,(H,15,16). The van der Waals surface area contributed by atoms with E-state index < -0.39 is 11.5 Å². The van der Waals surface area contributed by atoms with Crippen LogP contribution in [0.5, 0.6) is 0 Å². The molecule has 1 aromatic rings. The fourth-order valence-corrected chi connectivity index (χ4v) is 2.00. The molecule has 0 aromatic heterocycles. The van der Waals surface area contributed by atoms with Gasteiger partial charge in [-0.25, -0.2) is 4.79 Å². The first-order chi connectivity index (χ1) is 7.67. The van der Waals surface area contributed by atoms with Crippen LogP contribution in [0.25, 0.3) is 0 Å². The number of rotatable bonds is 2. The zero-order valence-corrected chi connectivity index (χ0v) is 9.05. The van der Waals surface area contributed by atoms with Crippen LogP contribution in [0.15, 0.2) is 41.4 Å². The number of hydrogen-bond donors (Lipinski definition) is 1. The zero-order chi connectivity index (χ0) is 11.6. The van der Waals surface area contributed by atoms with Crippen LogP contribution in [0.1, 0.15) is 17.5 Å². The van der Waals surface area contributed by atoms with Gasteiger partial charge in [-0.15, -0.1) is 0 Å². The smallest absolute Gasteiger partial charge is 0.336 e. The van der Waals surface area contributed by atoms with Gasteiger partial charge in [-0.3, -0.25) is 4.99 Å². The second kappa shape index (κ2) is 3.93. The first-order valence-electron chi connectivity index (χ1n) is 5.17. The molecule has 3 nitrogen and oxygen atoms in total. The number of allylic oxidation sites excluding steroid dienone is 1. The summed E-state index contributed by atoms with van der Waals surface area (Å²) in [6.45, 7) is 1.91. The normalized spacial score (nSPS) is 23.3. The highest BCUT2D eigenvalue weighted by Gasteiger charge is 2.40. The van der Waals surface area contributed by atoms with Crippen molar-refractivity contribution >= 4 is 12.2 Å². The Kier molecular flexibility index (Phi) is 2.60. The van der Waals surface area contributed by atoms with Crippen LogP contribution in [-0.2, 0) is 10.3 Å². The van der Waals surface area contributed by atoms with Gasteiger partial charge in [0.1, 0.15) is 0 Å². The number of benzene rings is 1. The second-order valence-corrected chi connectivity index (χ2v) is 3.89. The molecule has 3 heteroatoms. The Hall–Kier alpha value is -1.90. The van der Waals surface area contributed by atoms with Crippen LogP contribution in [0, 0.1) is 6.92 Å². The molecule has 0 spiro atoms. The van der Waals surface area contributed by atoms with Gasteiger partial charge in [-0.05, 0) is 24.1 Å². The van der Waals surface area contributed by atoms with Crippen LogP contribution >= 0.6 is 0 Å². The van der Waals surface area contributed by atoms with E-state index in [4.69, 9.17) is 0 Å². The molecule has 1 aliphatic heterocycles. The fourth-order valence-electron chi connectivity index (χ4n) is 2.00. The van der Waals surface area contributed by atoms with E-state index in [9.17, 15) is 9.90 Å². The van der Waals surface area contributed by atoms with Gasteiger partial charge in [0.15, 0.2) is 5.54 Å². The largest absolute Gasteiger partial charge is 0.479 e. The third kappa shape index (κ3) is 1.54. The predicted octanol–water partition coefficient (Wildman–Crippen LogP) is 2.31. The van der Waals surface area contributed by atoms with Crippen molar-refractivity contribution in [2.24, 2.45) is 4.99 Å². The van der Waals surface area contributed by atoms with Gasteiger partial charge in [0.25, 0.3) is 0 Å². The van der Waals surface area contributed by atoms with Crippen molar-refractivity contribution in [3.63, 3.8) is 0 Å². The van der Waals surface area contributed by atoms with Crippen molar-refractivity contribution < 1.29 is 9.90 Å². The summed E-state index contributed by atoms with van der Waals surface area (Å²) in [5.74, 6) is -0.901. The van der Waals surface area contributed by atoms with E-state index in [1.54, 1.807) is 12.3 Å². The van der Waals surface area contributed by atoms with Gasteiger partial charge in [-0.2, -0.15) is 0 Å². The van der Waals surface area contributed by atoms with Crippen molar-refractivity contribution in [1.82, 2.24) is 0 Å². The zero-order valence-electron chi connectivity index (χ0n) is 9.05. The molecule has 1 heterocycles. The lowest BCUT2D eigenvalue weighted by atomic mass is 9.83. The number of nitrogens with zero attached hydrogens (tertiary/aromatic N) is 1. The van der Waals surface area contributed by atoms with E-state index in [0.29, 0.717) is 6.42 Å². The average molecular weight is 215 g/mol. The summed E-state index contributed by atoms with van der Waals surface area (Å²) in [7, 11) is 0. The van der Waals surface area contributed by atoms with Gasteiger partial charge in [-0.1, -0.05) is 30.3 Å². The monoisotopic (exact) mass is 215 g/mol. The highest BCUT2D eigenvalue weighted by molar-refractivity contribution is 5.87. The number of carboxylic acids is 1. The molecule has 1 aliphatic rings.